The van der Waals surface area contributed by atoms with Gasteiger partial charge in [0.15, 0.2) is 0 Å². The molecule has 3 heteroatoms. The van der Waals surface area contributed by atoms with Gasteiger partial charge in [-0.3, -0.25) is 4.68 Å². The van der Waals surface area contributed by atoms with Crippen molar-refractivity contribution < 1.29 is 0 Å². The van der Waals surface area contributed by atoms with Gasteiger partial charge in [-0.25, -0.2) is 0 Å². The van der Waals surface area contributed by atoms with Crippen molar-refractivity contribution in [2.45, 2.75) is 38.8 Å². The van der Waals surface area contributed by atoms with Gasteiger partial charge in [0.05, 0.1) is 6.54 Å². The number of nitrogens with one attached hydrogen (secondary N) is 1. The van der Waals surface area contributed by atoms with Crippen LogP contribution in [0.1, 0.15) is 31.7 Å². The van der Waals surface area contributed by atoms with Gasteiger partial charge in [-0.05, 0) is 42.9 Å². The first-order valence-corrected chi connectivity index (χ1v) is 7.18. The zero-order valence-corrected chi connectivity index (χ0v) is 11.4. The Morgan fingerprint density at radius 3 is 2.84 bits per heavy atom. The molecule has 1 aromatic heterocycles. The van der Waals surface area contributed by atoms with E-state index in [4.69, 9.17) is 0 Å². The van der Waals surface area contributed by atoms with Crippen molar-refractivity contribution in [3.8, 4) is 0 Å². The Hall–Kier alpha value is -1.77. The Morgan fingerprint density at radius 1 is 1.32 bits per heavy atom. The van der Waals surface area contributed by atoms with Crippen LogP contribution < -0.4 is 5.32 Å². The van der Waals surface area contributed by atoms with E-state index in [0.29, 0.717) is 6.04 Å². The van der Waals surface area contributed by atoms with Crippen LogP contribution in [-0.4, -0.2) is 15.8 Å². The molecular formula is C16H21N3. The second kappa shape index (κ2) is 5.47. The van der Waals surface area contributed by atoms with Crippen molar-refractivity contribution >= 4 is 5.69 Å². The van der Waals surface area contributed by atoms with Crippen LogP contribution in [0, 0.1) is 5.92 Å². The van der Waals surface area contributed by atoms with Gasteiger partial charge in [-0.15, -0.1) is 0 Å². The summed E-state index contributed by atoms with van der Waals surface area (Å²) < 4.78 is 1.97. The normalized spacial score (nSPS) is 16.3. The first-order chi connectivity index (χ1) is 9.36. The van der Waals surface area contributed by atoms with Crippen molar-refractivity contribution in [3.05, 3.63) is 48.3 Å². The highest BCUT2D eigenvalue weighted by Gasteiger charge is 2.30. The number of anilines is 1. The van der Waals surface area contributed by atoms with Gasteiger partial charge in [0.2, 0.25) is 0 Å². The van der Waals surface area contributed by atoms with Crippen LogP contribution in [0.2, 0.25) is 0 Å². The fourth-order valence-corrected chi connectivity index (χ4v) is 2.62. The molecule has 0 aliphatic heterocycles. The smallest absolute Gasteiger partial charge is 0.0679 e. The molecule has 1 unspecified atom stereocenters. The number of rotatable bonds is 6. The lowest BCUT2D eigenvalue weighted by Gasteiger charge is -2.20. The minimum atomic E-state index is 0.624. The van der Waals surface area contributed by atoms with Crippen LogP contribution in [0.3, 0.4) is 0 Å². The molecule has 1 fully saturated rings. The van der Waals surface area contributed by atoms with Gasteiger partial charge in [-0.2, -0.15) is 5.10 Å². The van der Waals surface area contributed by atoms with Gasteiger partial charge in [0.1, 0.15) is 0 Å². The quantitative estimate of drug-likeness (QED) is 0.855. The molecule has 3 rings (SSSR count). The highest BCUT2D eigenvalue weighted by atomic mass is 15.3. The monoisotopic (exact) mass is 255 g/mol. The average molecular weight is 255 g/mol. The lowest BCUT2D eigenvalue weighted by Crippen LogP contribution is -2.21. The molecule has 100 valence electrons. The molecule has 0 spiro atoms. The molecule has 1 heterocycles. The fraction of sp³-hybridized carbons (Fsp3) is 0.438. The van der Waals surface area contributed by atoms with Crippen LogP contribution in [0.4, 0.5) is 5.69 Å². The summed E-state index contributed by atoms with van der Waals surface area (Å²) >= 11 is 0. The Balaban J connectivity index is 1.76. The van der Waals surface area contributed by atoms with Crippen molar-refractivity contribution in [2.75, 3.05) is 5.32 Å². The molecule has 0 radical (unpaired) electrons. The van der Waals surface area contributed by atoms with Gasteiger partial charge in [0, 0.05) is 24.1 Å². The highest BCUT2D eigenvalue weighted by molar-refractivity contribution is 5.52. The molecule has 0 bridgehead atoms. The first kappa shape index (κ1) is 12.3. The van der Waals surface area contributed by atoms with E-state index in [2.05, 4.69) is 41.6 Å². The highest BCUT2D eigenvalue weighted by Crippen LogP contribution is 2.36. The van der Waals surface area contributed by atoms with E-state index < -0.39 is 0 Å². The van der Waals surface area contributed by atoms with Gasteiger partial charge >= 0.3 is 0 Å². The molecule has 2 aromatic rings. The SMILES string of the molecule is CCC(Nc1ccccc1Cn1cccn1)C1CC1. The second-order valence-corrected chi connectivity index (χ2v) is 5.36. The van der Waals surface area contributed by atoms with E-state index in [1.54, 1.807) is 0 Å². The van der Waals surface area contributed by atoms with Crippen molar-refractivity contribution in [2.24, 2.45) is 5.92 Å². The average Bonchev–Trinajstić information content (AvgIpc) is 3.15. The number of para-hydroxylation sites is 1. The lowest BCUT2D eigenvalue weighted by atomic mass is 10.1. The molecule has 1 N–H and O–H groups in total. The fourth-order valence-electron chi connectivity index (χ4n) is 2.62. The van der Waals surface area contributed by atoms with Gasteiger partial charge < -0.3 is 5.32 Å². The summed E-state index contributed by atoms with van der Waals surface area (Å²) in [5.74, 6) is 0.878. The standard InChI is InChI=1S/C16H21N3/c1-2-15(13-8-9-13)18-16-7-4-3-6-14(16)12-19-11-5-10-17-19/h3-7,10-11,13,15,18H,2,8-9,12H2,1H3. The van der Waals surface area contributed by atoms with Crippen LogP contribution in [0.25, 0.3) is 0 Å². The Labute approximate surface area is 114 Å². The van der Waals surface area contributed by atoms with E-state index >= 15 is 0 Å². The van der Waals surface area contributed by atoms with Crippen molar-refractivity contribution in [1.29, 1.82) is 0 Å². The van der Waals surface area contributed by atoms with E-state index in [1.807, 2.05) is 23.1 Å². The number of hydrogen-bond donors (Lipinski definition) is 1. The summed E-state index contributed by atoms with van der Waals surface area (Å²) in [6.07, 6.45) is 7.80. The summed E-state index contributed by atoms with van der Waals surface area (Å²) in [7, 11) is 0. The topological polar surface area (TPSA) is 29.9 Å². The summed E-state index contributed by atoms with van der Waals surface area (Å²) in [5, 5.41) is 8.02. The predicted molar refractivity (Wildman–Crippen MR) is 78.2 cm³/mol. The number of aromatic nitrogens is 2. The largest absolute Gasteiger partial charge is 0.382 e. The molecule has 0 saturated heterocycles. The maximum atomic E-state index is 4.29. The summed E-state index contributed by atoms with van der Waals surface area (Å²) in [4.78, 5) is 0. The molecule has 3 nitrogen and oxygen atoms in total. The van der Waals surface area contributed by atoms with Crippen molar-refractivity contribution in [1.82, 2.24) is 9.78 Å². The number of benzene rings is 1. The van der Waals surface area contributed by atoms with E-state index in [9.17, 15) is 0 Å². The van der Waals surface area contributed by atoms with E-state index in [1.165, 1.54) is 30.5 Å². The van der Waals surface area contributed by atoms with Crippen LogP contribution in [0.15, 0.2) is 42.7 Å². The second-order valence-electron chi connectivity index (χ2n) is 5.36. The minimum Gasteiger partial charge on any atom is -0.382 e. The predicted octanol–water partition coefficient (Wildman–Crippen LogP) is 3.53. The van der Waals surface area contributed by atoms with Gasteiger partial charge in [-0.1, -0.05) is 25.1 Å². The molecule has 1 aliphatic rings. The summed E-state index contributed by atoms with van der Waals surface area (Å²) in [5.41, 5.74) is 2.57. The molecule has 19 heavy (non-hydrogen) atoms. The van der Waals surface area contributed by atoms with E-state index in [0.717, 1.165) is 12.5 Å². The van der Waals surface area contributed by atoms with Crippen LogP contribution in [0.5, 0.6) is 0 Å². The molecule has 1 aromatic carbocycles. The third kappa shape index (κ3) is 2.98. The Morgan fingerprint density at radius 2 is 2.16 bits per heavy atom. The summed E-state index contributed by atoms with van der Waals surface area (Å²) in [6.45, 7) is 3.10. The third-order valence-electron chi connectivity index (χ3n) is 3.88. The maximum absolute atomic E-state index is 4.29. The Bertz CT molecular complexity index is 515. The molecule has 1 aliphatic carbocycles. The first-order valence-electron chi connectivity index (χ1n) is 7.18. The van der Waals surface area contributed by atoms with Crippen LogP contribution in [-0.2, 0) is 6.54 Å². The zero-order valence-electron chi connectivity index (χ0n) is 11.4. The number of nitrogens with zero attached hydrogens (tertiary/aromatic N) is 2. The molecule has 1 atom stereocenters. The molecule has 0 amide bonds. The zero-order chi connectivity index (χ0) is 13.1. The van der Waals surface area contributed by atoms with E-state index in [-0.39, 0.29) is 0 Å². The summed E-state index contributed by atoms with van der Waals surface area (Å²) in [6, 6.07) is 11.2. The molecular weight excluding hydrogens is 234 g/mol. The molecule has 1 saturated carbocycles. The van der Waals surface area contributed by atoms with Crippen molar-refractivity contribution in [3.63, 3.8) is 0 Å². The lowest BCUT2D eigenvalue weighted by molar-refractivity contribution is 0.613. The Kier molecular flexibility index (Phi) is 3.53. The van der Waals surface area contributed by atoms with Gasteiger partial charge in [0.25, 0.3) is 0 Å². The number of hydrogen-bond acceptors (Lipinski definition) is 2. The van der Waals surface area contributed by atoms with Crippen LogP contribution >= 0.6 is 0 Å². The third-order valence-corrected chi connectivity index (χ3v) is 3.88. The maximum Gasteiger partial charge on any atom is 0.0679 e. The minimum absolute atomic E-state index is 0.624.